The highest BCUT2D eigenvalue weighted by Gasteiger charge is 2.22. The number of fused-ring (bicyclic) bond motifs is 2. The minimum atomic E-state index is 0.429. The van der Waals surface area contributed by atoms with E-state index in [2.05, 4.69) is 72.6 Å². The van der Waals surface area contributed by atoms with E-state index in [0.29, 0.717) is 11.8 Å². The molecule has 0 amide bonds. The fourth-order valence-electron chi connectivity index (χ4n) is 4.91. The fraction of sp³-hybridized carbons (Fsp3) is 0.417. The molecule has 0 aliphatic carbocycles. The van der Waals surface area contributed by atoms with E-state index in [1.807, 2.05) is 4.40 Å². The van der Waals surface area contributed by atoms with Gasteiger partial charge in [-0.05, 0) is 86.0 Å². The van der Waals surface area contributed by atoms with Crippen LogP contribution in [-0.2, 0) is 0 Å². The topological polar surface area (TPSA) is 58.0 Å². The van der Waals surface area contributed by atoms with Crippen molar-refractivity contribution >= 4 is 16.6 Å². The van der Waals surface area contributed by atoms with Gasteiger partial charge in [-0.1, -0.05) is 19.9 Å². The van der Waals surface area contributed by atoms with Crippen molar-refractivity contribution in [2.75, 3.05) is 13.1 Å². The fourth-order valence-corrected chi connectivity index (χ4v) is 4.91. The van der Waals surface area contributed by atoms with Crippen LogP contribution in [0.5, 0.6) is 0 Å². The van der Waals surface area contributed by atoms with Gasteiger partial charge in [-0.2, -0.15) is 0 Å². The lowest BCUT2D eigenvalue weighted by molar-refractivity contribution is 0.460. The van der Waals surface area contributed by atoms with E-state index in [0.717, 1.165) is 18.7 Å². The summed E-state index contributed by atoms with van der Waals surface area (Å²) in [6.45, 7) is 11.2. The Balaban J connectivity index is 1.72. The number of pyridine rings is 1. The molecular formula is C24H29N5. The van der Waals surface area contributed by atoms with Crippen LogP contribution in [0.1, 0.15) is 60.8 Å². The molecule has 1 aliphatic heterocycles. The standard InChI is InChI=1S/C24H29N5/c1-14(2)22-19-11-18(17-7-9-25-10-8-17)5-6-21(19)27-23(22)20-12-29-13-26-28-24(29)16(4)15(20)3/h5-6,11-14,17,25,27H,7-10H2,1-4H3. The van der Waals surface area contributed by atoms with E-state index in [1.165, 1.54) is 57.3 Å². The molecule has 5 rings (SSSR count). The van der Waals surface area contributed by atoms with Gasteiger partial charge in [0.2, 0.25) is 0 Å². The summed E-state index contributed by atoms with van der Waals surface area (Å²) in [5.74, 6) is 1.09. The number of hydrogen-bond donors (Lipinski definition) is 2. The number of aryl methyl sites for hydroxylation is 1. The summed E-state index contributed by atoms with van der Waals surface area (Å²) in [5, 5.41) is 13.2. The highest BCUT2D eigenvalue weighted by atomic mass is 15.2. The molecule has 0 radical (unpaired) electrons. The number of nitrogens with one attached hydrogen (secondary N) is 2. The second-order valence-electron chi connectivity index (χ2n) is 8.75. The van der Waals surface area contributed by atoms with Crippen molar-refractivity contribution in [3.05, 3.63) is 53.0 Å². The summed E-state index contributed by atoms with van der Waals surface area (Å²) < 4.78 is 2.04. The predicted molar refractivity (Wildman–Crippen MR) is 119 cm³/mol. The van der Waals surface area contributed by atoms with Crippen LogP contribution in [0, 0.1) is 13.8 Å². The highest BCUT2D eigenvalue weighted by molar-refractivity contribution is 5.92. The molecule has 1 aliphatic rings. The van der Waals surface area contributed by atoms with E-state index >= 15 is 0 Å². The molecule has 3 aromatic heterocycles. The van der Waals surface area contributed by atoms with Gasteiger partial charge in [-0.15, -0.1) is 10.2 Å². The number of hydrogen-bond acceptors (Lipinski definition) is 3. The number of H-pyrrole nitrogens is 1. The molecule has 0 saturated carbocycles. The highest BCUT2D eigenvalue weighted by Crippen LogP contribution is 2.39. The maximum absolute atomic E-state index is 4.28. The number of nitrogens with zero attached hydrogens (tertiary/aromatic N) is 3. The van der Waals surface area contributed by atoms with Gasteiger partial charge in [0.15, 0.2) is 5.65 Å². The molecule has 0 atom stereocenters. The Morgan fingerprint density at radius 2 is 1.90 bits per heavy atom. The molecular weight excluding hydrogens is 358 g/mol. The van der Waals surface area contributed by atoms with Crippen LogP contribution >= 0.6 is 0 Å². The summed E-state index contributed by atoms with van der Waals surface area (Å²) in [6.07, 6.45) is 6.41. The van der Waals surface area contributed by atoms with E-state index in [9.17, 15) is 0 Å². The lowest BCUT2D eigenvalue weighted by atomic mass is 9.88. The van der Waals surface area contributed by atoms with Gasteiger partial charge in [0.25, 0.3) is 0 Å². The molecule has 0 spiro atoms. The zero-order valence-corrected chi connectivity index (χ0v) is 17.7. The third-order valence-corrected chi connectivity index (χ3v) is 6.66. The number of aromatic amines is 1. The first kappa shape index (κ1) is 18.4. The minimum absolute atomic E-state index is 0.429. The van der Waals surface area contributed by atoms with Gasteiger partial charge in [0.05, 0.1) is 5.69 Å². The summed E-state index contributed by atoms with van der Waals surface area (Å²) >= 11 is 0. The lowest BCUT2D eigenvalue weighted by Crippen LogP contribution is -2.26. The van der Waals surface area contributed by atoms with Crippen LogP contribution in [0.25, 0.3) is 27.8 Å². The summed E-state index contributed by atoms with van der Waals surface area (Å²) in [7, 11) is 0. The molecule has 2 N–H and O–H groups in total. The SMILES string of the molecule is Cc1c(-c2[nH]c3ccc(C4CCNCC4)cc3c2C(C)C)cn2cnnc2c1C. The van der Waals surface area contributed by atoms with Crippen molar-refractivity contribution in [1.82, 2.24) is 24.9 Å². The Kier molecular flexibility index (Phi) is 4.43. The van der Waals surface area contributed by atoms with Crippen molar-refractivity contribution in [3.63, 3.8) is 0 Å². The van der Waals surface area contributed by atoms with E-state index in [4.69, 9.17) is 0 Å². The molecule has 1 saturated heterocycles. The van der Waals surface area contributed by atoms with Gasteiger partial charge in [0, 0.05) is 22.7 Å². The van der Waals surface area contributed by atoms with Crippen molar-refractivity contribution in [1.29, 1.82) is 0 Å². The first-order chi connectivity index (χ1) is 14.0. The van der Waals surface area contributed by atoms with Crippen LogP contribution in [-0.4, -0.2) is 32.7 Å². The molecule has 150 valence electrons. The second-order valence-corrected chi connectivity index (χ2v) is 8.75. The predicted octanol–water partition coefficient (Wildman–Crippen LogP) is 5.08. The average molecular weight is 388 g/mol. The van der Waals surface area contributed by atoms with Crippen LogP contribution in [0.15, 0.2) is 30.7 Å². The average Bonchev–Trinajstić information content (AvgIpc) is 3.35. The Hall–Kier alpha value is -2.66. The lowest BCUT2D eigenvalue weighted by Gasteiger charge is -2.23. The minimum Gasteiger partial charge on any atom is -0.354 e. The van der Waals surface area contributed by atoms with Crippen molar-refractivity contribution in [3.8, 4) is 11.3 Å². The zero-order valence-electron chi connectivity index (χ0n) is 17.7. The number of piperidine rings is 1. The van der Waals surface area contributed by atoms with Crippen molar-refractivity contribution in [2.45, 2.75) is 52.4 Å². The van der Waals surface area contributed by atoms with Gasteiger partial charge in [-0.25, -0.2) is 0 Å². The number of benzene rings is 1. The molecule has 5 heteroatoms. The van der Waals surface area contributed by atoms with E-state index < -0.39 is 0 Å². The molecule has 29 heavy (non-hydrogen) atoms. The number of aromatic nitrogens is 4. The number of rotatable bonds is 3. The van der Waals surface area contributed by atoms with Crippen LogP contribution in [0.3, 0.4) is 0 Å². The van der Waals surface area contributed by atoms with Gasteiger partial charge in [-0.3, -0.25) is 4.40 Å². The summed E-state index contributed by atoms with van der Waals surface area (Å²) in [4.78, 5) is 3.75. The third kappa shape index (κ3) is 2.96. The third-order valence-electron chi connectivity index (χ3n) is 6.66. The molecule has 5 nitrogen and oxygen atoms in total. The molecule has 0 unspecified atom stereocenters. The van der Waals surface area contributed by atoms with Crippen LogP contribution in [0.4, 0.5) is 0 Å². The monoisotopic (exact) mass is 387 g/mol. The second kappa shape index (κ2) is 6.99. The molecule has 4 heterocycles. The molecule has 4 aromatic rings. The largest absolute Gasteiger partial charge is 0.354 e. The molecule has 1 aromatic carbocycles. The van der Waals surface area contributed by atoms with E-state index in [-0.39, 0.29) is 0 Å². The first-order valence-electron chi connectivity index (χ1n) is 10.7. The Labute approximate surface area is 171 Å². The van der Waals surface area contributed by atoms with E-state index in [1.54, 1.807) is 6.33 Å². The van der Waals surface area contributed by atoms with Crippen LogP contribution in [0.2, 0.25) is 0 Å². The van der Waals surface area contributed by atoms with Crippen LogP contribution < -0.4 is 5.32 Å². The van der Waals surface area contributed by atoms with Crippen molar-refractivity contribution in [2.24, 2.45) is 0 Å². The summed E-state index contributed by atoms with van der Waals surface area (Å²) in [6, 6.07) is 7.05. The van der Waals surface area contributed by atoms with Gasteiger partial charge >= 0.3 is 0 Å². The molecule has 1 fully saturated rings. The Morgan fingerprint density at radius 1 is 1.10 bits per heavy atom. The quantitative estimate of drug-likeness (QED) is 0.515. The van der Waals surface area contributed by atoms with Gasteiger partial charge in [0.1, 0.15) is 6.33 Å². The Bertz CT molecular complexity index is 1190. The molecule has 0 bridgehead atoms. The Morgan fingerprint density at radius 3 is 2.66 bits per heavy atom. The van der Waals surface area contributed by atoms with Crippen molar-refractivity contribution < 1.29 is 0 Å². The maximum atomic E-state index is 4.28. The smallest absolute Gasteiger partial charge is 0.163 e. The summed E-state index contributed by atoms with van der Waals surface area (Å²) in [5.41, 5.74) is 9.95. The van der Waals surface area contributed by atoms with Gasteiger partial charge < -0.3 is 10.3 Å². The normalized spacial score (nSPS) is 15.8. The zero-order chi connectivity index (χ0) is 20.1. The first-order valence-corrected chi connectivity index (χ1v) is 10.7. The maximum Gasteiger partial charge on any atom is 0.163 e.